The number of ether oxygens (including phenoxy) is 2. The third kappa shape index (κ3) is 4.55. The molecular weight excluding hydrogens is 424 g/mol. The summed E-state index contributed by atoms with van der Waals surface area (Å²) in [7, 11) is 3.22. The number of nitrogens with zero attached hydrogens (tertiary/aromatic N) is 3. The number of amides is 1. The molecule has 164 valence electrons. The summed E-state index contributed by atoms with van der Waals surface area (Å²) in [6.45, 7) is 3.93. The van der Waals surface area contributed by atoms with E-state index in [9.17, 15) is 4.79 Å². The van der Waals surface area contributed by atoms with Gasteiger partial charge in [0.25, 0.3) is 0 Å². The zero-order chi connectivity index (χ0) is 22.7. The maximum Gasteiger partial charge on any atom is 0.234 e. The van der Waals surface area contributed by atoms with Crippen LogP contribution in [0.2, 0.25) is 0 Å². The van der Waals surface area contributed by atoms with Crippen molar-refractivity contribution in [2.45, 2.75) is 18.9 Å². The fourth-order valence-corrected chi connectivity index (χ4v) is 4.28. The fourth-order valence-electron chi connectivity index (χ4n) is 3.42. The number of hydrogen-bond donors (Lipinski definition) is 1. The Kier molecular flexibility index (Phi) is 6.32. The van der Waals surface area contributed by atoms with Gasteiger partial charge >= 0.3 is 0 Å². The molecule has 0 aliphatic heterocycles. The number of aryl methyl sites for hydroxylation is 2. The number of carbonyl (C=O) groups excluding carboxylic acids is 1. The third-order valence-corrected chi connectivity index (χ3v) is 5.91. The molecule has 0 aliphatic rings. The normalized spacial score (nSPS) is 10.9. The van der Waals surface area contributed by atoms with E-state index in [1.165, 1.54) is 11.8 Å². The summed E-state index contributed by atoms with van der Waals surface area (Å²) >= 11 is 1.42. The summed E-state index contributed by atoms with van der Waals surface area (Å²) in [6, 6.07) is 15.4. The van der Waals surface area contributed by atoms with Gasteiger partial charge in [0.1, 0.15) is 5.03 Å². The summed E-state index contributed by atoms with van der Waals surface area (Å²) in [4.78, 5) is 17.2. The highest BCUT2D eigenvalue weighted by Gasteiger charge is 2.15. The van der Waals surface area contributed by atoms with Crippen LogP contribution in [0.4, 0.5) is 5.69 Å². The molecule has 0 bridgehead atoms. The first-order chi connectivity index (χ1) is 15.5. The van der Waals surface area contributed by atoms with Crippen molar-refractivity contribution in [3.63, 3.8) is 0 Å². The molecule has 0 aliphatic carbocycles. The molecule has 7 nitrogen and oxygen atoms in total. The van der Waals surface area contributed by atoms with Gasteiger partial charge in [0.2, 0.25) is 5.91 Å². The Labute approximate surface area is 190 Å². The highest BCUT2D eigenvalue weighted by molar-refractivity contribution is 7.99. The first-order valence-corrected chi connectivity index (χ1v) is 11.0. The number of aromatic nitrogens is 3. The number of benzene rings is 2. The number of thioether (sulfide) groups is 1. The minimum Gasteiger partial charge on any atom is -0.493 e. The van der Waals surface area contributed by atoms with Gasteiger partial charge in [0.15, 0.2) is 17.1 Å². The average Bonchev–Trinajstić information content (AvgIpc) is 3.20. The Morgan fingerprint density at radius 2 is 1.88 bits per heavy atom. The van der Waals surface area contributed by atoms with Crippen molar-refractivity contribution in [1.29, 1.82) is 0 Å². The first kappa shape index (κ1) is 21.7. The number of hydrogen-bond acceptors (Lipinski definition) is 6. The molecule has 1 amide bonds. The fraction of sp³-hybridized carbons (Fsp3) is 0.208. The second-order valence-corrected chi connectivity index (χ2v) is 8.30. The molecule has 0 atom stereocenters. The highest BCUT2D eigenvalue weighted by atomic mass is 32.2. The van der Waals surface area contributed by atoms with Crippen molar-refractivity contribution in [3.8, 4) is 22.6 Å². The van der Waals surface area contributed by atoms with Gasteiger partial charge in [-0.2, -0.15) is 5.10 Å². The van der Waals surface area contributed by atoms with Gasteiger partial charge in [0, 0.05) is 16.9 Å². The van der Waals surface area contributed by atoms with Gasteiger partial charge in [-0.3, -0.25) is 4.79 Å². The molecular formula is C24H24N4O3S. The summed E-state index contributed by atoms with van der Waals surface area (Å²) < 4.78 is 12.5. The van der Waals surface area contributed by atoms with E-state index in [-0.39, 0.29) is 11.7 Å². The SMILES string of the molecule is COc1ccc(-c2cnn3c(SCC(=O)Nc4cccc(C)c4)cc(C)nc23)cc1OC. The molecule has 32 heavy (non-hydrogen) atoms. The van der Waals surface area contributed by atoms with Crippen molar-refractivity contribution in [1.82, 2.24) is 14.6 Å². The molecule has 0 unspecified atom stereocenters. The van der Waals surface area contributed by atoms with Crippen LogP contribution in [0, 0.1) is 13.8 Å². The number of rotatable bonds is 7. The van der Waals surface area contributed by atoms with Crippen LogP contribution >= 0.6 is 11.8 Å². The van der Waals surface area contributed by atoms with Crippen LogP contribution < -0.4 is 14.8 Å². The molecule has 4 aromatic rings. The number of fused-ring (bicyclic) bond motifs is 1. The zero-order valence-electron chi connectivity index (χ0n) is 18.4. The van der Waals surface area contributed by atoms with Gasteiger partial charge in [0.05, 0.1) is 26.2 Å². The van der Waals surface area contributed by atoms with Crippen molar-refractivity contribution in [3.05, 3.63) is 66.0 Å². The second-order valence-electron chi connectivity index (χ2n) is 7.31. The third-order valence-electron chi connectivity index (χ3n) is 4.91. The minimum atomic E-state index is -0.0736. The predicted molar refractivity (Wildman–Crippen MR) is 127 cm³/mol. The topological polar surface area (TPSA) is 77.8 Å². The lowest BCUT2D eigenvalue weighted by atomic mass is 10.1. The number of nitrogens with one attached hydrogen (secondary N) is 1. The molecule has 8 heteroatoms. The van der Waals surface area contributed by atoms with Crippen molar-refractivity contribution in [2.75, 3.05) is 25.3 Å². The van der Waals surface area contributed by atoms with E-state index in [1.807, 2.05) is 62.4 Å². The molecule has 0 saturated heterocycles. The van der Waals surface area contributed by atoms with Gasteiger partial charge in [-0.25, -0.2) is 9.50 Å². The lowest BCUT2D eigenvalue weighted by Gasteiger charge is -2.10. The van der Waals surface area contributed by atoms with E-state index in [4.69, 9.17) is 9.47 Å². The molecule has 0 spiro atoms. The van der Waals surface area contributed by atoms with Crippen LogP contribution in [0.1, 0.15) is 11.3 Å². The van der Waals surface area contributed by atoms with E-state index in [0.717, 1.165) is 38.7 Å². The maximum absolute atomic E-state index is 12.5. The Balaban J connectivity index is 1.59. The number of methoxy groups -OCH3 is 2. The molecule has 2 aromatic heterocycles. The molecule has 4 rings (SSSR count). The Bertz CT molecular complexity index is 1290. The smallest absolute Gasteiger partial charge is 0.234 e. The summed E-state index contributed by atoms with van der Waals surface area (Å²) in [5, 5.41) is 8.32. The summed E-state index contributed by atoms with van der Waals surface area (Å²) in [5.41, 5.74) is 5.26. The van der Waals surface area contributed by atoms with Crippen LogP contribution in [0.15, 0.2) is 59.8 Å². The Morgan fingerprint density at radius 3 is 2.62 bits per heavy atom. The summed E-state index contributed by atoms with van der Waals surface area (Å²) in [5.74, 6) is 1.49. The minimum absolute atomic E-state index is 0.0736. The van der Waals surface area contributed by atoms with E-state index < -0.39 is 0 Å². The van der Waals surface area contributed by atoms with Crippen LogP contribution in [0.25, 0.3) is 16.8 Å². The molecule has 2 aromatic carbocycles. The van der Waals surface area contributed by atoms with Gasteiger partial charge in [-0.15, -0.1) is 0 Å². The van der Waals surface area contributed by atoms with Crippen LogP contribution in [-0.4, -0.2) is 40.5 Å². The van der Waals surface area contributed by atoms with Gasteiger partial charge < -0.3 is 14.8 Å². The van der Waals surface area contributed by atoms with Crippen LogP contribution in [0.5, 0.6) is 11.5 Å². The van der Waals surface area contributed by atoms with Crippen LogP contribution in [0.3, 0.4) is 0 Å². The number of anilines is 1. The van der Waals surface area contributed by atoms with E-state index in [2.05, 4.69) is 15.4 Å². The summed E-state index contributed by atoms with van der Waals surface area (Å²) in [6.07, 6.45) is 1.78. The Hall–Kier alpha value is -3.52. The highest BCUT2D eigenvalue weighted by Crippen LogP contribution is 2.34. The lowest BCUT2D eigenvalue weighted by Crippen LogP contribution is -2.14. The number of carbonyl (C=O) groups is 1. The molecule has 1 N–H and O–H groups in total. The zero-order valence-corrected chi connectivity index (χ0v) is 19.2. The molecule has 0 fully saturated rings. The molecule has 2 heterocycles. The standard InChI is InChI=1S/C24H24N4O3S/c1-15-6-5-7-18(10-15)27-22(29)14-32-23-11-16(2)26-24-19(13-25-28(23)24)17-8-9-20(30-3)21(12-17)31-4/h5-13H,14H2,1-4H3,(H,27,29). The van der Waals surface area contributed by atoms with Crippen molar-refractivity contribution < 1.29 is 14.3 Å². The van der Waals surface area contributed by atoms with Crippen LogP contribution in [-0.2, 0) is 4.79 Å². The first-order valence-electron chi connectivity index (χ1n) is 10.1. The Morgan fingerprint density at radius 1 is 1.06 bits per heavy atom. The van der Waals surface area contributed by atoms with E-state index in [1.54, 1.807) is 24.9 Å². The van der Waals surface area contributed by atoms with E-state index in [0.29, 0.717) is 11.5 Å². The predicted octanol–water partition coefficient (Wildman–Crippen LogP) is 4.76. The van der Waals surface area contributed by atoms with Crippen molar-refractivity contribution >= 4 is 29.0 Å². The average molecular weight is 449 g/mol. The quantitative estimate of drug-likeness (QED) is 0.324. The molecule has 0 saturated carbocycles. The largest absolute Gasteiger partial charge is 0.493 e. The van der Waals surface area contributed by atoms with Gasteiger partial charge in [-0.1, -0.05) is 30.0 Å². The maximum atomic E-state index is 12.5. The molecule has 0 radical (unpaired) electrons. The second kappa shape index (κ2) is 9.32. The van der Waals surface area contributed by atoms with Gasteiger partial charge in [-0.05, 0) is 55.3 Å². The monoisotopic (exact) mass is 448 g/mol. The van der Waals surface area contributed by atoms with Crippen molar-refractivity contribution in [2.24, 2.45) is 0 Å². The van der Waals surface area contributed by atoms with E-state index >= 15 is 0 Å². The lowest BCUT2D eigenvalue weighted by molar-refractivity contribution is -0.113.